The molecule has 1 saturated carbocycles. The maximum Gasteiger partial charge on any atom is 0.356 e. The summed E-state index contributed by atoms with van der Waals surface area (Å²) in [6.07, 6.45) is 2.24. The molecular formula is C8H10N2O2. The van der Waals surface area contributed by atoms with Gasteiger partial charge in [0.25, 0.3) is 0 Å². The Morgan fingerprint density at radius 3 is 2.83 bits per heavy atom. The lowest BCUT2D eigenvalue weighted by atomic mass is 10.1. The molecule has 2 N–H and O–H groups in total. The first-order valence-corrected chi connectivity index (χ1v) is 3.91. The smallest absolute Gasteiger partial charge is 0.356 e. The van der Waals surface area contributed by atoms with E-state index in [0.717, 1.165) is 18.5 Å². The van der Waals surface area contributed by atoms with Gasteiger partial charge in [-0.15, -0.1) is 0 Å². The van der Waals surface area contributed by atoms with Gasteiger partial charge in [0.1, 0.15) is 0 Å². The normalized spacial score (nSPS) is 19.1. The van der Waals surface area contributed by atoms with Gasteiger partial charge in [-0.1, -0.05) is 6.92 Å². The number of nitrogens with one attached hydrogen (secondary N) is 1. The average Bonchev–Trinajstić information content (AvgIpc) is 2.61. The molecule has 0 radical (unpaired) electrons. The van der Waals surface area contributed by atoms with E-state index in [1.165, 1.54) is 0 Å². The van der Waals surface area contributed by atoms with E-state index >= 15 is 0 Å². The highest BCUT2D eigenvalue weighted by atomic mass is 16.4. The standard InChI is InChI=1S/C8H10N2O2/c1-8(2-3-8)6-4-5(7(11)12)9-10-6/h4H,2-3H2,1H3,(H,9,10)(H,11,12). The van der Waals surface area contributed by atoms with Crippen molar-refractivity contribution >= 4 is 5.97 Å². The Morgan fingerprint density at radius 1 is 1.75 bits per heavy atom. The monoisotopic (exact) mass is 166 g/mol. The molecule has 0 aromatic carbocycles. The Kier molecular flexibility index (Phi) is 1.28. The molecule has 1 aromatic rings. The first-order valence-electron chi connectivity index (χ1n) is 3.91. The highest BCUT2D eigenvalue weighted by Crippen LogP contribution is 2.46. The third kappa shape index (κ3) is 0.995. The minimum atomic E-state index is -0.971. The van der Waals surface area contributed by atoms with E-state index in [4.69, 9.17) is 5.11 Å². The zero-order valence-electron chi connectivity index (χ0n) is 6.79. The third-order valence-corrected chi connectivity index (χ3v) is 2.45. The lowest BCUT2D eigenvalue weighted by Gasteiger charge is -2.01. The van der Waals surface area contributed by atoms with Crippen molar-refractivity contribution in [3.8, 4) is 0 Å². The molecule has 2 rings (SSSR count). The molecule has 0 bridgehead atoms. The maximum absolute atomic E-state index is 10.5. The molecule has 0 aliphatic heterocycles. The molecule has 1 fully saturated rings. The fraction of sp³-hybridized carbons (Fsp3) is 0.500. The van der Waals surface area contributed by atoms with Crippen LogP contribution in [-0.4, -0.2) is 21.3 Å². The molecule has 1 aliphatic rings. The summed E-state index contributed by atoms with van der Waals surface area (Å²) in [5, 5.41) is 15.1. The predicted molar refractivity (Wildman–Crippen MR) is 42.1 cm³/mol. The molecule has 1 aliphatic carbocycles. The largest absolute Gasteiger partial charge is 0.476 e. The van der Waals surface area contributed by atoms with Crippen LogP contribution in [-0.2, 0) is 5.41 Å². The zero-order chi connectivity index (χ0) is 8.77. The molecule has 1 heterocycles. The van der Waals surface area contributed by atoms with Gasteiger partial charge in [0.15, 0.2) is 5.69 Å². The molecular weight excluding hydrogens is 156 g/mol. The van der Waals surface area contributed by atoms with E-state index in [-0.39, 0.29) is 11.1 Å². The minimum Gasteiger partial charge on any atom is -0.476 e. The lowest BCUT2D eigenvalue weighted by Crippen LogP contribution is -1.99. The third-order valence-electron chi connectivity index (χ3n) is 2.45. The molecule has 0 saturated heterocycles. The van der Waals surface area contributed by atoms with Crippen molar-refractivity contribution in [2.24, 2.45) is 0 Å². The Balaban J connectivity index is 2.30. The summed E-state index contributed by atoms with van der Waals surface area (Å²) in [4.78, 5) is 10.5. The Morgan fingerprint density at radius 2 is 2.42 bits per heavy atom. The van der Waals surface area contributed by atoms with Crippen molar-refractivity contribution < 1.29 is 9.90 Å². The van der Waals surface area contributed by atoms with Gasteiger partial charge in [-0.05, 0) is 18.9 Å². The number of hydrogen-bond acceptors (Lipinski definition) is 2. The van der Waals surface area contributed by atoms with Crippen LogP contribution in [0.3, 0.4) is 0 Å². The summed E-state index contributed by atoms with van der Waals surface area (Å²) < 4.78 is 0. The van der Waals surface area contributed by atoms with Crippen LogP contribution in [0.25, 0.3) is 0 Å². The van der Waals surface area contributed by atoms with E-state index in [1.807, 2.05) is 0 Å². The van der Waals surface area contributed by atoms with Crippen molar-refractivity contribution in [3.05, 3.63) is 17.5 Å². The number of carbonyl (C=O) groups is 1. The number of carboxylic acid groups (broad SMARTS) is 1. The van der Waals surface area contributed by atoms with Crippen LogP contribution >= 0.6 is 0 Å². The lowest BCUT2D eigenvalue weighted by molar-refractivity contribution is 0.0690. The van der Waals surface area contributed by atoms with E-state index < -0.39 is 5.97 Å². The average molecular weight is 166 g/mol. The van der Waals surface area contributed by atoms with Gasteiger partial charge < -0.3 is 5.11 Å². The number of nitrogens with zero attached hydrogens (tertiary/aromatic N) is 1. The Hall–Kier alpha value is -1.32. The van der Waals surface area contributed by atoms with E-state index in [2.05, 4.69) is 17.1 Å². The van der Waals surface area contributed by atoms with Crippen LogP contribution in [0.5, 0.6) is 0 Å². The van der Waals surface area contributed by atoms with Crippen LogP contribution in [0.15, 0.2) is 6.07 Å². The molecule has 0 spiro atoms. The molecule has 0 unspecified atom stereocenters. The molecule has 12 heavy (non-hydrogen) atoms. The van der Waals surface area contributed by atoms with Gasteiger partial charge in [-0.3, -0.25) is 5.10 Å². The highest BCUT2D eigenvalue weighted by Gasteiger charge is 2.40. The number of carboxylic acids is 1. The molecule has 4 nitrogen and oxygen atoms in total. The molecule has 0 atom stereocenters. The van der Waals surface area contributed by atoms with Crippen LogP contribution in [0.2, 0.25) is 0 Å². The van der Waals surface area contributed by atoms with Crippen molar-refractivity contribution in [3.63, 3.8) is 0 Å². The molecule has 4 heteroatoms. The SMILES string of the molecule is CC1(c2cc(C(=O)O)n[nH]2)CC1. The van der Waals surface area contributed by atoms with Crippen molar-refractivity contribution in [2.45, 2.75) is 25.2 Å². The first kappa shape index (κ1) is 7.34. The summed E-state index contributed by atoms with van der Waals surface area (Å²) >= 11 is 0. The van der Waals surface area contributed by atoms with Crippen LogP contribution in [0.1, 0.15) is 35.9 Å². The van der Waals surface area contributed by atoms with Crippen LogP contribution in [0, 0.1) is 0 Å². The quantitative estimate of drug-likeness (QED) is 0.692. The fourth-order valence-corrected chi connectivity index (χ4v) is 1.20. The van der Waals surface area contributed by atoms with Gasteiger partial charge in [0.05, 0.1) is 0 Å². The number of rotatable bonds is 2. The number of aromatic amines is 1. The summed E-state index contributed by atoms with van der Waals surface area (Å²) in [6, 6.07) is 1.62. The second-order valence-electron chi connectivity index (χ2n) is 3.53. The number of aromatic carboxylic acids is 1. The summed E-state index contributed by atoms with van der Waals surface area (Å²) in [5.41, 5.74) is 1.22. The van der Waals surface area contributed by atoms with E-state index in [0.29, 0.717) is 0 Å². The van der Waals surface area contributed by atoms with Gasteiger partial charge in [-0.2, -0.15) is 5.10 Å². The number of H-pyrrole nitrogens is 1. The van der Waals surface area contributed by atoms with Gasteiger partial charge >= 0.3 is 5.97 Å². The maximum atomic E-state index is 10.5. The number of hydrogen-bond donors (Lipinski definition) is 2. The van der Waals surface area contributed by atoms with Crippen molar-refractivity contribution in [1.29, 1.82) is 0 Å². The van der Waals surface area contributed by atoms with Gasteiger partial charge in [0, 0.05) is 11.1 Å². The van der Waals surface area contributed by atoms with Crippen molar-refractivity contribution in [2.75, 3.05) is 0 Å². The predicted octanol–water partition coefficient (Wildman–Crippen LogP) is 1.16. The topological polar surface area (TPSA) is 66.0 Å². The van der Waals surface area contributed by atoms with Gasteiger partial charge in [0.2, 0.25) is 0 Å². The fourth-order valence-electron chi connectivity index (χ4n) is 1.20. The second kappa shape index (κ2) is 2.09. The number of aromatic nitrogens is 2. The van der Waals surface area contributed by atoms with Crippen molar-refractivity contribution in [1.82, 2.24) is 10.2 Å². The van der Waals surface area contributed by atoms with E-state index in [9.17, 15) is 4.79 Å². The first-order chi connectivity index (χ1) is 5.62. The molecule has 64 valence electrons. The summed E-state index contributed by atoms with van der Waals surface area (Å²) in [6.45, 7) is 2.10. The molecule has 1 aromatic heterocycles. The van der Waals surface area contributed by atoms with Gasteiger partial charge in [-0.25, -0.2) is 4.79 Å². The minimum absolute atomic E-state index is 0.109. The highest BCUT2D eigenvalue weighted by molar-refractivity contribution is 5.85. The summed E-state index contributed by atoms with van der Waals surface area (Å²) in [5.74, 6) is -0.971. The van der Waals surface area contributed by atoms with Crippen LogP contribution < -0.4 is 0 Å². The summed E-state index contributed by atoms with van der Waals surface area (Å²) in [7, 11) is 0. The Bertz CT molecular complexity index is 326. The molecule has 0 amide bonds. The van der Waals surface area contributed by atoms with Crippen LogP contribution in [0.4, 0.5) is 0 Å². The zero-order valence-corrected chi connectivity index (χ0v) is 6.79. The second-order valence-corrected chi connectivity index (χ2v) is 3.53. The Labute approximate surface area is 69.6 Å². The van der Waals surface area contributed by atoms with E-state index in [1.54, 1.807) is 6.07 Å².